The normalized spacial score (nSPS) is 15.1. The molecule has 33 heavy (non-hydrogen) atoms. The van der Waals surface area contributed by atoms with E-state index in [2.05, 4.69) is 4.98 Å². The Labute approximate surface area is 196 Å². The number of rotatable bonds is 5. The van der Waals surface area contributed by atoms with Crippen molar-refractivity contribution in [3.63, 3.8) is 0 Å². The first-order valence-corrected chi connectivity index (χ1v) is 11.5. The van der Waals surface area contributed by atoms with Gasteiger partial charge in [-0.2, -0.15) is 0 Å². The number of hydrogen-bond acceptors (Lipinski definition) is 5. The van der Waals surface area contributed by atoms with Crippen molar-refractivity contribution in [2.45, 2.75) is 23.8 Å². The number of carboxylic acid groups (broad SMARTS) is 1. The summed E-state index contributed by atoms with van der Waals surface area (Å²) in [7, 11) is 0. The van der Waals surface area contributed by atoms with Gasteiger partial charge in [-0.25, -0.2) is 9.47 Å². The standard InChI is InChI=1S/C23H19ClN4O4S/c24-15-2-4-20-17(7-15)14(11-33-20)9-27-8-13(6-21(29)30)16-3-1-12(5-19(16)27)18-10-28(25)23(32)26-22(18)31/h1-5,7-8,10,14H,6,9,11,25H2,(H,29,30)(H,26,31,32). The number of aliphatic carboxylic acids is 1. The van der Waals surface area contributed by atoms with Crippen molar-refractivity contribution in [3.8, 4) is 11.1 Å². The number of thioether (sulfide) groups is 1. The molecule has 1 unspecified atom stereocenters. The number of carboxylic acids is 1. The molecule has 2 aromatic heterocycles. The summed E-state index contributed by atoms with van der Waals surface area (Å²) >= 11 is 8.00. The Balaban J connectivity index is 1.62. The summed E-state index contributed by atoms with van der Waals surface area (Å²) < 4.78 is 2.86. The van der Waals surface area contributed by atoms with Crippen molar-refractivity contribution in [2.24, 2.45) is 0 Å². The van der Waals surface area contributed by atoms with E-state index in [4.69, 9.17) is 17.4 Å². The van der Waals surface area contributed by atoms with Gasteiger partial charge in [0.1, 0.15) is 0 Å². The average molecular weight is 483 g/mol. The van der Waals surface area contributed by atoms with Crippen molar-refractivity contribution in [2.75, 3.05) is 11.6 Å². The van der Waals surface area contributed by atoms with Gasteiger partial charge in [-0.3, -0.25) is 14.6 Å². The molecule has 0 fully saturated rings. The first kappa shape index (κ1) is 21.4. The van der Waals surface area contributed by atoms with E-state index < -0.39 is 17.2 Å². The number of aromatic nitrogens is 3. The van der Waals surface area contributed by atoms with Gasteiger partial charge in [0.05, 0.1) is 12.0 Å². The van der Waals surface area contributed by atoms with E-state index in [0.717, 1.165) is 21.3 Å². The monoisotopic (exact) mass is 482 g/mol. The largest absolute Gasteiger partial charge is 0.481 e. The summed E-state index contributed by atoms with van der Waals surface area (Å²) in [6.07, 6.45) is 3.04. The maximum absolute atomic E-state index is 12.4. The van der Waals surface area contributed by atoms with Gasteiger partial charge in [0.15, 0.2) is 0 Å². The summed E-state index contributed by atoms with van der Waals surface area (Å²) in [5, 5.41) is 10.9. The van der Waals surface area contributed by atoms with E-state index in [9.17, 15) is 19.5 Å². The number of nitrogens with zero attached hydrogens (tertiary/aromatic N) is 2. The number of fused-ring (bicyclic) bond motifs is 2. The number of nitrogens with two attached hydrogens (primary N) is 1. The van der Waals surface area contributed by atoms with Crippen LogP contribution in [0, 0.1) is 0 Å². The molecule has 168 valence electrons. The van der Waals surface area contributed by atoms with Crippen molar-refractivity contribution in [1.29, 1.82) is 0 Å². The van der Waals surface area contributed by atoms with Gasteiger partial charge in [0, 0.05) is 51.4 Å². The number of H-pyrrole nitrogens is 1. The summed E-state index contributed by atoms with van der Waals surface area (Å²) in [6.45, 7) is 0.632. The second kappa shape index (κ2) is 8.17. The highest BCUT2D eigenvalue weighted by molar-refractivity contribution is 7.99. The lowest BCUT2D eigenvalue weighted by molar-refractivity contribution is -0.136. The molecule has 3 heterocycles. The maximum atomic E-state index is 12.4. The Morgan fingerprint density at radius 2 is 2.03 bits per heavy atom. The Bertz CT molecular complexity index is 1540. The zero-order valence-electron chi connectivity index (χ0n) is 17.2. The van der Waals surface area contributed by atoms with E-state index in [1.165, 1.54) is 16.7 Å². The highest BCUT2D eigenvalue weighted by Gasteiger charge is 2.25. The fourth-order valence-electron chi connectivity index (χ4n) is 4.32. The molecule has 0 aliphatic carbocycles. The number of aromatic amines is 1. The molecule has 0 saturated carbocycles. The quantitative estimate of drug-likeness (QED) is 0.376. The van der Waals surface area contributed by atoms with Gasteiger partial charge in [-0.1, -0.05) is 23.7 Å². The predicted molar refractivity (Wildman–Crippen MR) is 129 cm³/mol. The molecule has 0 bridgehead atoms. The minimum atomic E-state index is -0.918. The predicted octanol–water partition coefficient (Wildman–Crippen LogP) is 3.04. The van der Waals surface area contributed by atoms with Crippen LogP contribution in [0.3, 0.4) is 0 Å². The van der Waals surface area contributed by atoms with Crippen LogP contribution >= 0.6 is 23.4 Å². The lowest BCUT2D eigenvalue weighted by Gasteiger charge is -2.14. The Hall–Kier alpha value is -3.43. The molecule has 10 heteroatoms. The summed E-state index contributed by atoms with van der Waals surface area (Å²) in [5.41, 5.74) is 2.26. The van der Waals surface area contributed by atoms with E-state index in [-0.39, 0.29) is 17.9 Å². The van der Waals surface area contributed by atoms with E-state index in [1.807, 2.05) is 35.0 Å². The Morgan fingerprint density at radius 3 is 2.82 bits per heavy atom. The van der Waals surface area contributed by atoms with Gasteiger partial charge in [0.25, 0.3) is 5.56 Å². The molecule has 4 aromatic rings. The summed E-state index contributed by atoms with van der Waals surface area (Å²) in [6, 6.07) is 11.3. The van der Waals surface area contributed by atoms with Crippen LogP contribution < -0.4 is 17.1 Å². The first-order chi connectivity index (χ1) is 15.8. The molecule has 0 radical (unpaired) electrons. The van der Waals surface area contributed by atoms with Crippen LogP contribution in [0.1, 0.15) is 17.0 Å². The third-order valence-electron chi connectivity index (χ3n) is 5.85. The molecule has 8 nitrogen and oxygen atoms in total. The van der Waals surface area contributed by atoms with Crippen LogP contribution in [0.25, 0.3) is 22.0 Å². The Kier molecular flexibility index (Phi) is 5.30. The number of carbonyl (C=O) groups is 1. The molecule has 0 spiro atoms. The molecule has 4 N–H and O–H groups in total. The van der Waals surface area contributed by atoms with Gasteiger partial charge < -0.3 is 15.5 Å². The van der Waals surface area contributed by atoms with Crippen LogP contribution in [0.4, 0.5) is 0 Å². The lowest BCUT2D eigenvalue weighted by atomic mass is 10.0. The summed E-state index contributed by atoms with van der Waals surface area (Å²) in [4.78, 5) is 38.9. The molecule has 0 saturated heterocycles. The van der Waals surface area contributed by atoms with Gasteiger partial charge in [-0.05, 0) is 41.0 Å². The summed E-state index contributed by atoms with van der Waals surface area (Å²) in [5.74, 6) is 5.82. The smallest absolute Gasteiger partial charge is 0.346 e. The molecule has 5 rings (SSSR count). The SMILES string of the molecule is Nn1cc(-c2ccc3c(CC(=O)O)cn(CC4CSc5ccc(Cl)cc54)c3c2)c(=O)[nH]c1=O. The minimum absolute atomic E-state index is 0.112. The van der Waals surface area contributed by atoms with Crippen molar-refractivity contribution in [3.05, 3.63) is 85.8 Å². The molecular formula is C23H19ClN4O4S. The molecule has 2 aromatic carbocycles. The number of benzene rings is 2. The Morgan fingerprint density at radius 1 is 1.21 bits per heavy atom. The van der Waals surface area contributed by atoms with E-state index >= 15 is 0 Å². The highest BCUT2D eigenvalue weighted by Crippen LogP contribution is 2.42. The van der Waals surface area contributed by atoms with Crippen LogP contribution in [-0.2, 0) is 17.8 Å². The number of hydrogen-bond donors (Lipinski definition) is 3. The molecule has 1 aliphatic heterocycles. The second-order valence-electron chi connectivity index (χ2n) is 8.01. The molecule has 0 amide bonds. The number of nitrogens with one attached hydrogen (secondary N) is 1. The topological polar surface area (TPSA) is 123 Å². The van der Waals surface area contributed by atoms with Crippen molar-refractivity contribution < 1.29 is 9.90 Å². The highest BCUT2D eigenvalue weighted by atomic mass is 35.5. The fourth-order valence-corrected chi connectivity index (χ4v) is 5.72. The second-order valence-corrected chi connectivity index (χ2v) is 9.51. The zero-order chi connectivity index (χ0) is 23.3. The van der Waals surface area contributed by atoms with E-state index in [1.54, 1.807) is 23.9 Å². The average Bonchev–Trinajstić information content (AvgIpc) is 3.31. The zero-order valence-corrected chi connectivity index (χ0v) is 18.8. The lowest BCUT2D eigenvalue weighted by Crippen LogP contribution is -2.34. The van der Waals surface area contributed by atoms with Crippen LogP contribution in [0.5, 0.6) is 0 Å². The van der Waals surface area contributed by atoms with Gasteiger partial charge >= 0.3 is 11.7 Å². The molecule has 1 aliphatic rings. The third-order valence-corrected chi connectivity index (χ3v) is 7.34. The van der Waals surface area contributed by atoms with Crippen molar-refractivity contribution >= 4 is 40.2 Å². The van der Waals surface area contributed by atoms with Crippen LogP contribution in [-0.4, -0.2) is 31.1 Å². The molecule has 1 atom stereocenters. The van der Waals surface area contributed by atoms with Crippen LogP contribution in [0.2, 0.25) is 5.02 Å². The first-order valence-electron chi connectivity index (χ1n) is 10.2. The number of nitrogen functional groups attached to an aromatic ring is 1. The van der Waals surface area contributed by atoms with Gasteiger partial charge in [-0.15, -0.1) is 11.8 Å². The van der Waals surface area contributed by atoms with E-state index in [0.29, 0.717) is 22.7 Å². The minimum Gasteiger partial charge on any atom is -0.481 e. The van der Waals surface area contributed by atoms with Gasteiger partial charge in [0.2, 0.25) is 0 Å². The van der Waals surface area contributed by atoms with Crippen molar-refractivity contribution in [1.82, 2.24) is 14.2 Å². The van der Waals surface area contributed by atoms with Crippen LogP contribution in [0.15, 0.2) is 63.3 Å². The third kappa shape index (κ3) is 3.94. The molecular weight excluding hydrogens is 464 g/mol. The fraction of sp³-hybridized carbons (Fsp3) is 0.174. The maximum Gasteiger partial charge on any atom is 0.346 e. The number of halogens is 1.